The van der Waals surface area contributed by atoms with Crippen molar-refractivity contribution in [2.75, 3.05) is 11.9 Å². The Bertz CT molecular complexity index is 414. The molecule has 0 aliphatic carbocycles. The molecule has 78 valence electrons. The summed E-state index contributed by atoms with van der Waals surface area (Å²) in [7, 11) is 0. The quantitative estimate of drug-likeness (QED) is 0.797. The van der Waals surface area contributed by atoms with Gasteiger partial charge >= 0.3 is 0 Å². The fourth-order valence-electron chi connectivity index (χ4n) is 1.18. The van der Waals surface area contributed by atoms with Crippen molar-refractivity contribution in [3.63, 3.8) is 0 Å². The molecule has 0 spiro atoms. The zero-order chi connectivity index (χ0) is 10.5. The predicted molar refractivity (Wildman–Crippen MR) is 57.8 cm³/mol. The van der Waals surface area contributed by atoms with Crippen molar-refractivity contribution in [2.45, 2.75) is 6.54 Å². The van der Waals surface area contributed by atoms with Crippen LogP contribution >= 0.6 is 11.6 Å². The summed E-state index contributed by atoms with van der Waals surface area (Å²) in [5, 5.41) is 11.3. The summed E-state index contributed by atoms with van der Waals surface area (Å²) in [5.41, 5.74) is 0.954. The molecule has 0 amide bonds. The molecular weight excluding hydrogens is 214 g/mol. The van der Waals surface area contributed by atoms with Crippen molar-refractivity contribution in [3.8, 4) is 0 Å². The molecule has 2 rings (SSSR count). The van der Waals surface area contributed by atoms with Crippen LogP contribution in [0.15, 0.2) is 30.7 Å². The molecule has 2 aromatic rings. The van der Waals surface area contributed by atoms with Crippen LogP contribution in [0.5, 0.6) is 0 Å². The van der Waals surface area contributed by atoms with Gasteiger partial charge in [0.1, 0.15) is 5.15 Å². The first-order valence-electron chi connectivity index (χ1n) is 4.54. The third-order valence-corrected chi connectivity index (χ3v) is 2.08. The summed E-state index contributed by atoms with van der Waals surface area (Å²) in [6.45, 7) is 1.53. The standard InChI is InChI=1S/C9H10ClN5/c10-9-7-8(1-2-12-9)11-3-5-15-6-4-13-14-15/h1-2,4,6-7H,3,5H2,(H,11,12). The number of aromatic nitrogens is 4. The van der Waals surface area contributed by atoms with E-state index < -0.39 is 0 Å². The molecule has 0 saturated carbocycles. The fraction of sp³-hybridized carbons (Fsp3) is 0.222. The molecule has 0 aliphatic rings. The Morgan fingerprint density at radius 3 is 3.07 bits per heavy atom. The maximum atomic E-state index is 5.74. The van der Waals surface area contributed by atoms with Gasteiger partial charge in [-0.2, -0.15) is 0 Å². The second-order valence-electron chi connectivity index (χ2n) is 2.96. The number of nitrogens with one attached hydrogen (secondary N) is 1. The number of nitrogens with zero attached hydrogens (tertiary/aromatic N) is 4. The van der Waals surface area contributed by atoms with E-state index in [4.69, 9.17) is 11.6 Å². The maximum absolute atomic E-state index is 5.74. The number of rotatable bonds is 4. The minimum absolute atomic E-state index is 0.487. The van der Waals surface area contributed by atoms with Gasteiger partial charge < -0.3 is 5.32 Å². The average Bonchev–Trinajstić information content (AvgIpc) is 2.71. The summed E-state index contributed by atoms with van der Waals surface area (Å²) in [4.78, 5) is 3.90. The average molecular weight is 224 g/mol. The van der Waals surface area contributed by atoms with Gasteiger partial charge in [-0.05, 0) is 12.1 Å². The Kier molecular flexibility index (Phi) is 3.14. The number of hydrogen-bond acceptors (Lipinski definition) is 4. The number of anilines is 1. The van der Waals surface area contributed by atoms with Crippen LogP contribution in [0.4, 0.5) is 5.69 Å². The third-order valence-electron chi connectivity index (χ3n) is 1.87. The van der Waals surface area contributed by atoms with E-state index in [0.717, 1.165) is 18.8 Å². The molecule has 0 aromatic carbocycles. The predicted octanol–water partition coefficient (Wildman–Crippen LogP) is 1.44. The van der Waals surface area contributed by atoms with E-state index in [1.807, 2.05) is 12.3 Å². The van der Waals surface area contributed by atoms with Crippen LogP contribution in [0.1, 0.15) is 0 Å². The molecule has 0 aliphatic heterocycles. The molecule has 2 heterocycles. The molecular formula is C9H10ClN5. The highest BCUT2D eigenvalue weighted by Crippen LogP contribution is 2.11. The van der Waals surface area contributed by atoms with Crippen molar-refractivity contribution in [2.24, 2.45) is 0 Å². The maximum Gasteiger partial charge on any atom is 0.131 e. The van der Waals surface area contributed by atoms with Gasteiger partial charge in [-0.15, -0.1) is 5.10 Å². The lowest BCUT2D eigenvalue weighted by Gasteiger charge is -2.05. The van der Waals surface area contributed by atoms with E-state index in [-0.39, 0.29) is 0 Å². The lowest BCUT2D eigenvalue weighted by molar-refractivity contribution is 0.609. The normalized spacial score (nSPS) is 10.2. The van der Waals surface area contributed by atoms with Crippen LogP contribution < -0.4 is 5.32 Å². The van der Waals surface area contributed by atoms with Crippen LogP contribution in [0, 0.1) is 0 Å². The van der Waals surface area contributed by atoms with E-state index in [0.29, 0.717) is 5.15 Å². The van der Waals surface area contributed by atoms with Gasteiger partial charge in [0.2, 0.25) is 0 Å². The molecule has 15 heavy (non-hydrogen) atoms. The molecule has 0 fully saturated rings. The van der Waals surface area contributed by atoms with Crippen molar-refractivity contribution < 1.29 is 0 Å². The first-order valence-corrected chi connectivity index (χ1v) is 4.92. The van der Waals surface area contributed by atoms with Gasteiger partial charge in [-0.3, -0.25) is 4.68 Å². The van der Waals surface area contributed by atoms with E-state index in [1.165, 1.54) is 0 Å². The Labute approximate surface area is 92.1 Å². The summed E-state index contributed by atoms with van der Waals surface area (Å²) < 4.78 is 1.76. The monoisotopic (exact) mass is 223 g/mol. The minimum atomic E-state index is 0.487. The molecule has 0 unspecified atom stereocenters. The van der Waals surface area contributed by atoms with Crippen molar-refractivity contribution in [3.05, 3.63) is 35.9 Å². The molecule has 2 aromatic heterocycles. The highest BCUT2D eigenvalue weighted by atomic mass is 35.5. The zero-order valence-electron chi connectivity index (χ0n) is 7.97. The van der Waals surface area contributed by atoms with Crippen LogP contribution in [-0.2, 0) is 6.54 Å². The van der Waals surface area contributed by atoms with E-state index in [2.05, 4.69) is 20.6 Å². The summed E-state index contributed by atoms with van der Waals surface area (Å²) in [6.07, 6.45) is 5.14. The Balaban J connectivity index is 1.83. The van der Waals surface area contributed by atoms with Crippen molar-refractivity contribution >= 4 is 17.3 Å². The molecule has 0 saturated heterocycles. The van der Waals surface area contributed by atoms with Gasteiger partial charge in [0.05, 0.1) is 12.7 Å². The topological polar surface area (TPSA) is 55.6 Å². The van der Waals surface area contributed by atoms with E-state index in [9.17, 15) is 0 Å². The van der Waals surface area contributed by atoms with Gasteiger partial charge in [0.25, 0.3) is 0 Å². The lowest BCUT2D eigenvalue weighted by atomic mass is 10.4. The third kappa shape index (κ3) is 2.92. The molecule has 1 N–H and O–H groups in total. The molecule has 0 bridgehead atoms. The Morgan fingerprint density at radius 2 is 2.33 bits per heavy atom. The molecule has 0 atom stereocenters. The minimum Gasteiger partial charge on any atom is -0.383 e. The van der Waals surface area contributed by atoms with Crippen molar-refractivity contribution in [1.29, 1.82) is 0 Å². The second kappa shape index (κ2) is 4.75. The van der Waals surface area contributed by atoms with Crippen LogP contribution in [0.25, 0.3) is 0 Å². The van der Waals surface area contributed by atoms with E-state index in [1.54, 1.807) is 23.1 Å². The molecule has 5 nitrogen and oxygen atoms in total. The Morgan fingerprint density at radius 1 is 1.40 bits per heavy atom. The van der Waals surface area contributed by atoms with Gasteiger partial charge in [0, 0.05) is 24.6 Å². The number of halogens is 1. The van der Waals surface area contributed by atoms with Crippen LogP contribution in [-0.4, -0.2) is 26.5 Å². The van der Waals surface area contributed by atoms with Crippen LogP contribution in [0.2, 0.25) is 5.15 Å². The highest BCUT2D eigenvalue weighted by Gasteiger charge is 1.94. The smallest absolute Gasteiger partial charge is 0.131 e. The highest BCUT2D eigenvalue weighted by molar-refractivity contribution is 6.29. The lowest BCUT2D eigenvalue weighted by Crippen LogP contribution is -2.11. The summed E-state index contributed by atoms with van der Waals surface area (Å²) in [5.74, 6) is 0. The zero-order valence-corrected chi connectivity index (χ0v) is 8.72. The summed E-state index contributed by atoms with van der Waals surface area (Å²) in [6, 6.07) is 3.65. The second-order valence-corrected chi connectivity index (χ2v) is 3.35. The summed E-state index contributed by atoms with van der Waals surface area (Å²) >= 11 is 5.74. The largest absolute Gasteiger partial charge is 0.383 e. The first-order chi connectivity index (χ1) is 7.34. The number of hydrogen-bond donors (Lipinski definition) is 1. The first kappa shape index (κ1) is 9.92. The fourth-order valence-corrected chi connectivity index (χ4v) is 1.35. The van der Waals surface area contributed by atoms with Gasteiger partial charge in [-0.1, -0.05) is 16.8 Å². The molecule has 6 heteroatoms. The van der Waals surface area contributed by atoms with Crippen molar-refractivity contribution in [1.82, 2.24) is 20.0 Å². The van der Waals surface area contributed by atoms with Crippen LogP contribution in [0.3, 0.4) is 0 Å². The van der Waals surface area contributed by atoms with E-state index >= 15 is 0 Å². The van der Waals surface area contributed by atoms with Gasteiger partial charge in [0.15, 0.2) is 0 Å². The Hall–Kier alpha value is -1.62. The van der Waals surface area contributed by atoms with Gasteiger partial charge in [-0.25, -0.2) is 4.98 Å². The SMILES string of the molecule is Clc1cc(NCCn2ccnn2)ccn1. The molecule has 0 radical (unpaired) electrons. The number of pyridine rings is 1.